The molecule has 0 saturated carbocycles. The van der Waals surface area contributed by atoms with Crippen LogP contribution in [0.5, 0.6) is 11.5 Å². The third-order valence-corrected chi connectivity index (χ3v) is 5.80. The second-order valence-corrected chi connectivity index (χ2v) is 8.18. The summed E-state index contributed by atoms with van der Waals surface area (Å²) >= 11 is 0. The molecule has 0 atom stereocenters. The van der Waals surface area contributed by atoms with E-state index in [0.29, 0.717) is 35.2 Å². The number of imidazole rings is 1. The van der Waals surface area contributed by atoms with Gasteiger partial charge in [0.1, 0.15) is 11.5 Å². The van der Waals surface area contributed by atoms with Crippen molar-refractivity contribution in [1.82, 2.24) is 19.1 Å². The quantitative estimate of drug-likeness (QED) is 0.224. The SMILES string of the molecule is CCCCCCCCCn1c(NN=Cc2ccc(OC)cc2OC)nc2c1c(=O)[nH]c(=O)n2C. The lowest BCUT2D eigenvalue weighted by atomic mass is 10.1. The van der Waals surface area contributed by atoms with Gasteiger partial charge < -0.3 is 14.0 Å². The molecule has 0 fully saturated rings. The second kappa shape index (κ2) is 12.1. The highest BCUT2D eigenvalue weighted by Gasteiger charge is 2.17. The lowest BCUT2D eigenvalue weighted by Gasteiger charge is -2.09. The van der Waals surface area contributed by atoms with E-state index in [1.165, 1.54) is 30.3 Å². The van der Waals surface area contributed by atoms with E-state index in [1.807, 2.05) is 12.1 Å². The minimum Gasteiger partial charge on any atom is -0.497 e. The van der Waals surface area contributed by atoms with E-state index in [9.17, 15) is 9.59 Å². The zero-order valence-corrected chi connectivity index (χ0v) is 20.4. The number of aryl methyl sites for hydroxylation is 2. The van der Waals surface area contributed by atoms with Gasteiger partial charge in [-0.15, -0.1) is 0 Å². The molecule has 0 aliphatic rings. The van der Waals surface area contributed by atoms with Crippen LogP contribution in [0.4, 0.5) is 5.95 Å². The lowest BCUT2D eigenvalue weighted by Crippen LogP contribution is -2.29. The fraction of sp³-hybridized carbons (Fsp3) is 0.500. The van der Waals surface area contributed by atoms with Crippen molar-refractivity contribution in [3.8, 4) is 11.5 Å². The molecule has 2 heterocycles. The number of methoxy groups -OCH3 is 2. The average molecular weight is 471 g/mol. The maximum atomic E-state index is 12.6. The molecule has 0 amide bonds. The number of aromatic nitrogens is 4. The maximum Gasteiger partial charge on any atom is 0.329 e. The number of anilines is 1. The third kappa shape index (κ3) is 5.86. The molecule has 2 aromatic heterocycles. The zero-order valence-electron chi connectivity index (χ0n) is 20.4. The Labute approximate surface area is 198 Å². The van der Waals surface area contributed by atoms with Gasteiger partial charge in [0.05, 0.1) is 20.4 Å². The van der Waals surface area contributed by atoms with Gasteiger partial charge in [-0.25, -0.2) is 10.2 Å². The Hall–Kier alpha value is -3.56. The molecular weight excluding hydrogens is 436 g/mol. The lowest BCUT2D eigenvalue weighted by molar-refractivity contribution is 0.394. The predicted molar refractivity (Wildman–Crippen MR) is 134 cm³/mol. The van der Waals surface area contributed by atoms with E-state index >= 15 is 0 Å². The normalized spacial score (nSPS) is 11.4. The van der Waals surface area contributed by atoms with Crippen molar-refractivity contribution in [3.05, 3.63) is 44.6 Å². The molecule has 184 valence electrons. The number of nitrogens with one attached hydrogen (secondary N) is 2. The average Bonchev–Trinajstić information content (AvgIpc) is 3.21. The Balaban J connectivity index is 1.83. The Kier molecular flexibility index (Phi) is 8.89. The van der Waals surface area contributed by atoms with Crippen molar-refractivity contribution in [2.45, 2.75) is 58.4 Å². The predicted octanol–water partition coefficient (Wildman–Crippen LogP) is 3.64. The summed E-state index contributed by atoms with van der Waals surface area (Å²) in [6.07, 6.45) is 9.67. The number of aromatic amines is 1. The van der Waals surface area contributed by atoms with Crippen LogP contribution in [0.3, 0.4) is 0 Å². The minimum absolute atomic E-state index is 0.316. The van der Waals surface area contributed by atoms with Crippen LogP contribution in [0.25, 0.3) is 11.2 Å². The molecule has 0 aliphatic heterocycles. The number of hydrogen-bond acceptors (Lipinski definition) is 7. The Morgan fingerprint density at radius 1 is 1.09 bits per heavy atom. The molecule has 0 unspecified atom stereocenters. The van der Waals surface area contributed by atoms with Crippen molar-refractivity contribution < 1.29 is 9.47 Å². The first-order chi connectivity index (χ1) is 16.5. The molecule has 34 heavy (non-hydrogen) atoms. The summed E-state index contributed by atoms with van der Waals surface area (Å²) in [4.78, 5) is 31.5. The van der Waals surface area contributed by atoms with E-state index in [4.69, 9.17) is 9.47 Å². The van der Waals surface area contributed by atoms with Crippen molar-refractivity contribution in [1.29, 1.82) is 0 Å². The molecule has 10 heteroatoms. The third-order valence-electron chi connectivity index (χ3n) is 5.80. The standard InChI is InChI=1S/C24H34N6O4/c1-5-6-7-8-9-10-11-14-30-20-21(29(2)24(32)27-22(20)31)26-23(30)28-25-16-17-12-13-18(33-3)15-19(17)34-4/h12-13,15-16H,5-11,14H2,1-4H3,(H,26,28)(H,27,31,32). The monoisotopic (exact) mass is 470 g/mol. The van der Waals surface area contributed by atoms with Crippen LogP contribution in [-0.2, 0) is 13.6 Å². The zero-order chi connectivity index (χ0) is 24.5. The van der Waals surface area contributed by atoms with E-state index in [-0.39, 0.29) is 0 Å². The molecule has 10 nitrogen and oxygen atoms in total. The fourth-order valence-corrected chi connectivity index (χ4v) is 3.85. The summed E-state index contributed by atoms with van der Waals surface area (Å²) in [5.74, 6) is 1.69. The number of benzene rings is 1. The second-order valence-electron chi connectivity index (χ2n) is 8.18. The van der Waals surface area contributed by atoms with Crippen LogP contribution in [0, 0.1) is 0 Å². The molecule has 0 aliphatic carbocycles. The van der Waals surface area contributed by atoms with Crippen LogP contribution in [0.2, 0.25) is 0 Å². The molecular formula is C24H34N6O4. The molecule has 0 radical (unpaired) electrons. The van der Waals surface area contributed by atoms with Gasteiger partial charge in [-0.2, -0.15) is 10.1 Å². The van der Waals surface area contributed by atoms with E-state index in [1.54, 1.807) is 38.1 Å². The van der Waals surface area contributed by atoms with Gasteiger partial charge in [0.15, 0.2) is 11.2 Å². The molecule has 3 rings (SSSR count). The summed E-state index contributed by atoms with van der Waals surface area (Å²) < 4.78 is 13.8. The smallest absolute Gasteiger partial charge is 0.329 e. The molecule has 2 N–H and O–H groups in total. The van der Waals surface area contributed by atoms with Crippen LogP contribution in [0.1, 0.15) is 57.4 Å². The van der Waals surface area contributed by atoms with E-state index < -0.39 is 11.2 Å². The first kappa shape index (κ1) is 25.1. The van der Waals surface area contributed by atoms with Crippen molar-refractivity contribution >= 4 is 23.3 Å². The number of rotatable bonds is 13. The molecule has 1 aromatic carbocycles. The van der Waals surface area contributed by atoms with Gasteiger partial charge in [-0.1, -0.05) is 45.4 Å². The van der Waals surface area contributed by atoms with Gasteiger partial charge in [-0.3, -0.25) is 14.3 Å². The molecule has 0 saturated heterocycles. The number of ether oxygens (including phenoxy) is 2. The number of fused-ring (bicyclic) bond motifs is 1. The van der Waals surface area contributed by atoms with Crippen LogP contribution in [0.15, 0.2) is 32.9 Å². The fourth-order valence-electron chi connectivity index (χ4n) is 3.85. The van der Waals surface area contributed by atoms with Crippen LogP contribution < -0.4 is 26.1 Å². The first-order valence-electron chi connectivity index (χ1n) is 11.7. The summed E-state index contributed by atoms with van der Waals surface area (Å²) in [6, 6.07) is 5.42. The highest BCUT2D eigenvalue weighted by molar-refractivity contribution is 5.84. The van der Waals surface area contributed by atoms with E-state index in [0.717, 1.165) is 24.8 Å². The Bertz CT molecular complexity index is 1240. The van der Waals surface area contributed by atoms with Crippen molar-refractivity contribution in [2.75, 3.05) is 19.6 Å². The maximum absolute atomic E-state index is 12.6. The number of H-pyrrole nitrogens is 1. The highest BCUT2D eigenvalue weighted by atomic mass is 16.5. The summed E-state index contributed by atoms with van der Waals surface area (Å²) in [7, 11) is 4.75. The van der Waals surface area contributed by atoms with Gasteiger partial charge in [0.25, 0.3) is 5.56 Å². The van der Waals surface area contributed by atoms with Gasteiger partial charge in [0.2, 0.25) is 5.95 Å². The number of nitrogens with zero attached hydrogens (tertiary/aromatic N) is 4. The highest BCUT2D eigenvalue weighted by Crippen LogP contribution is 2.23. The van der Waals surface area contributed by atoms with Crippen LogP contribution >= 0.6 is 0 Å². The molecule has 3 aromatic rings. The summed E-state index contributed by atoms with van der Waals surface area (Å²) in [5, 5.41) is 4.31. The number of hydrogen-bond donors (Lipinski definition) is 2. The Morgan fingerprint density at radius 2 is 1.82 bits per heavy atom. The van der Waals surface area contributed by atoms with Gasteiger partial charge >= 0.3 is 5.69 Å². The van der Waals surface area contributed by atoms with E-state index in [2.05, 4.69) is 27.4 Å². The van der Waals surface area contributed by atoms with Gasteiger partial charge in [-0.05, 0) is 18.6 Å². The van der Waals surface area contributed by atoms with Crippen molar-refractivity contribution in [2.24, 2.45) is 12.1 Å². The first-order valence-corrected chi connectivity index (χ1v) is 11.7. The summed E-state index contributed by atoms with van der Waals surface area (Å²) in [6.45, 7) is 2.80. The summed E-state index contributed by atoms with van der Waals surface area (Å²) in [5.41, 5.74) is 3.40. The van der Waals surface area contributed by atoms with Crippen molar-refractivity contribution in [3.63, 3.8) is 0 Å². The molecule has 0 spiro atoms. The largest absolute Gasteiger partial charge is 0.497 e. The van der Waals surface area contributed by atoms with Gasteiger partial charge in [0, 0.05) is 25.2 Å². The van der Waals surface area contributed by atoms with Crippen LogP contribution in [-0.4, -0.2) is 39.5 Å². The Morgan fingerprint density at radius 3 is 2.53 bits per heavy atom. The topological polar surface area (TPSA) is 116 Å². The molecule has 0 bridgehead atoms. The number of hydrazone groups is 1. The number of unbranched alkanes of at least 4 members (excludes halogenated alkanes) is 6. The minimum atomic E-state index is -0.504.